The summed E-state index contributed by atoms with van der Waals surface area (Å²) in [6, 6.07) is 24.7. The van der Waals surface area contributed by atoms with Crippen LogP contribution in [0.5, 0.6) is 0 Å². The highest BCUT2D eigenvalue weighted by Crippen LogP contribution is 2.27. The lowest BCUT2D eigenvalue weighted by Gasteiger charge is -2.09. The first-order chi connectivity index (χ1) is 21.6. The predicted octanol–water partition coefficient (Wildman–Crippen LogP) is 12.0. The minimum Gasteiger partial charge on any atom is -0.326 e. The highest BCUT2D eigenvalue weighted by Gasteiger charge is 2.06. The zero-order valence-electron chi connectivity index (χ0n) is 27.5. The van der Waals surface area contributed by atoms with Crippen LogP contribution in [0.25, 0.3) is 22.3 Å². The molecule has 3 aromatic rings. The van der Waals surface area contributed by atoms with Crippen LogP contribution in [0.15, 0.2) is 72.8 Å². The molecule has 0 aliphatic rings. The highest BCUT2D eigenvalue weighted by atomic mass is 16.2. The Bertz CT molecular complexity index is 1100. The topological polar surface area (TPSA) is 58.2 Å². The van der Waals surface area contributed by atoms with Crippen LogP contribution >= 0.6 is 0 Å². The summed E-state index contributed by atoms with van der Waals surface area (Å²) in [5.74, 6) is 0.198. The van der Waals surface area contributed by atoms with Gasteiger partial charge >= 0.3 is 0 Å². The molecule has 4 nitrogen and oxygen atoms in total. The lowest BCUT2D eigenvalue weighted by Crippen LogP contribution is -2.10. The van der Waals surface area contributed by atoms with Crippen molar-refractivity contribution in [3.63, 3.8) is 0 Å². The molecule has 0 atom stereocenters. The number of nitrogens with one attached hydrogen (secondary N) is 2. The molecule has 0 fully saturated rings. The average Bonchev–Trinajstić information content (AvgIpc) is 3.04. The fourth-order valence-electron chi connectivity index (χ4n) is 5.63. The Kier molecular flexibility index (Phi) is 17.0. The summed E-state index contributed by atoms with van der Waals surface area (Å²) in [4.78, 5) is 24.7. The van der Waals surface area contributed by atoms with E-state index < -0.39 is 0 Å². The summed E-state index contributed by atoms with van der Waals surface area (Å²) in [6.45, 7) is 4.49. The van der Waals surface area contributed by atoms with E-state index in [1.807, 2.05) is 24.3 Å². The largest absolute Gasteiger partial charge is 0.326 e. The molecule has 0 aromatic heterocycles. The number of amides is 2. The van der Waals surface area contributed by atoms with Crippen LogP contribution < -0.4 is 10.6 Å². The monoisotopic (exact) mass is 596 g/mol. The van der Waals surface area contributed by atoms with Crippen molar-refractivity contribution < 1.29 is 9.59 Å². The molecule has 0 aliphatic heterocycles. The molecule has 2 N–H and O–H groups in total. The van der Waals surface area contributed by atoms with Crippen LogP contribution in [0.2, 0.25) is 0 Å². The Hall–Kier alpha value is -3.40. The molecule has 2 amide bonds. The summed E-state index contributed by atoms with van der Waals surface area (Å²) >= 11 is 0. The van der Waals surface area contributed by atoms with Gasteiger partial charge in [-0.05, 0) is 59.4 Å². The highest BCUT2D eigenvalue weighted by molar-refractivity contribution is 5.91. The van der Waals surface area contributed by atoms with Gasteiger partial charge in [0.15, 0.2) is 0 Å². The molecule has 0 aliphatic carbocycles. The van der Waals surface area contributed by atoms with Crippen molar-refractivity contribution in [3.8, 4) is 22.3 Å². The maximum absolute atomic E-state index is 12.4. The summed E-state index contributed by atoms with van der Waals surface area (Å²) in [6.07, 6.45) is 21.0. The summed E-state index contributed by atoms with van der Waals surface area (Å²) in [5, 5.41) is 6.09. The number of hydrogen-bond acceptors (Lipinski definition) is 2. The van der Waals surface area contributed by atoms with Crippen LogP contribution in [0, 0.1) is 0 Å². The van der Waals surface area contributed by atoms with E-state index in [0.29, 0.717) is 12.8 Å². The van der Waals surface area contributed by atoms with Gasteiger partial charge in [0.05, 0.1) is 0 Å². The molecule has 4 heteroatoms. The van der Waals surface area contributed by atoms with Crippen LogP contribution in [-0.4, -0.2) is 11.8 Å². The maximum atomic E-state index is 12.4. The second-order valence-corrected chi connectivity index (χ2v) is 12.3. The first-order valence-corrected chi connectivity index (χ1v) is 17.5. The third kappa shape index (κ3) is 13.9. The van der Waals surface area contributed by atoms with Crippen molar-refractivity contribution in [2.75, 3.05) is 10.6 Å². The molecule has 0 unspecified atom stereocenters. The van der Waals surface area contributed by atoms with Gasteiger partial charge in [-0.15, -0.1) is 0 Å². The third-order valence-corrected chi connectivity index (χ3v) is 8.40. The van der Waals surface area contributed by atoms with E-state index in [9.17, 15) is 9.59 Å². The molecule has 0 bridgehead atoms. The first-order valence-electron chi connectivity index (χ1n) is 17.5. The van der Waals surface area contributed by atoms with Gasteiger partial charge in [0, 0.05) is 24.2 Å². The third-order valence-electron chi connectivity index (χ3n) is 8.40. The van der Waals surface area contributed by atoms with Gasteiger partial charge in [0.1, 0.15) is 0 Å². The Morgan fingerprint density at radius 2 is 0.636 bits per heavy atom. The van der Waals surface area contributed by atoms with E-state index in [-0.39, 0.29) is 11.8 Å². The van der Waals surface area contributed by atoms with Gasteiger partial charge < -0.3 is 10.6 Å². The van der Waals surface area contributed by atoms with Gasteiger partial charge in [-0.2, -0.15) is 0 Å². The molecule has 3 aromatic carbocycles. The van der Waals surface area contributed by atoms with E-state index in [0.717, 1.165) is 59.3 Å². The molecule has 3 rings (SSSR count). The number of anilines is 2. The molecular formula is C40H56N2O2. The zero-order valence-corrected chi connectivity index (χ0v) is 27.5. The van der Waals surface area contributed by atoms with Crippen LogP contribution in [0.4, 0.5) is 11.4 Å². The van der Waals surface area contributed by atoms with Crippen molar-refractivity contribution in [1.82, 2.24) is 0 Å². The lowest BCUT2D eigenvalue weighted by atomic mass is 10.00. The molecule has 0 heterocycles. The number of hydrogen-bond donors (Lipinski definition) is 2. The number of carbonyl (C=O) groups excluding carboxylic acids is 2. The van der Waals surface area contributed by atoms with Crippen molar-refractivity contribution >= 4 is 23.2 Å². The summed E-state index contributed by atoms with van der Waals surface area (Å²) in [7, 11) is 0. The fraction of sp³-hybridized carbons (Fsp3) is 0.500. The van der Waals surface area contributed by atoms with Crippen LogP contribution in [0.1, 0.15) is 129 Å². The van der Waals surface area contributed by atoms with Crippen LogP contribution in [0.3, 0.4) is 0 Å². The van der Waals surface area contributed by atoms with Gasteiger partial charge in [0.2, 0.25) is 11.8 Å². The SMILES string of the molecule is CCCCCCCCCCC(=O)Nc1ccc(-c2ccc(-c3ccc(NC(=O)CCCCCCCCCC)cc3)cc2)cc1. The van der Waals surface area contributed by atoms with Crippen molar-refractivity contribution in [2.24, 2.45) is 0 Å². The molecule has 0 saturated heterocycles. The van der Waals surface area contributed by atoms with E-state index in [1.54, 1.807) is 0 Å². The second kappa shape index (κ2) is 21.3. The first kappa shape index (κ1) is 35.1. The Morgan fingerprint density at radius 1 is 0.386 bits per heavy atom. The molecule has 0 spiro atoms. The second-order valence-electron chi connectivity index (χ2n) is 12.3. The minimum atomic E-state index is 0.0992. The number of rotatable bonds is 22. The smallest absolute Gasteiger partial charge is 0.224 e. The van der Waals surface area contributed by atoms with E-state index in [2.05, 4.69) is 73.0 Å². The summed E-state index contributed by atoms with van der Waals surface area (Å²) < 4.78 is 0. The fourth-order valence-corrected chi connectivity index (χ4v) is 5.63. The maximum Gasteiger partial charge on any atom is 0.224 e. The quantitative estimate of drug-likeness (QED) is 0.113. The number of benzene rings is 3. The number of unbranched alkanes of at least 4 members (excludes halogenated alkanes) is 14. The van der Waals surface area contributed by atoms with Crippen molar-refractivity contribution in [1.29, 1.82) is 0 Å². The van der Waals surface area contributed by atoms with E-state index in [1.165, 1.54) is 77.0 Å². The van der Waals surface area contributed by atoms with E-state index in [4.69, 9.17) is 0 Å². The standard InChI is InChI=1S/C40H56N2O2/c1-3-5-7-9-11-13-15-17-19-39(43)41-37-29-25-35(26-30-37)33-21-23-34(24-22-33)36-27-31-38(32-28-36)42-40(44)20-18-16-14-12-10-8-6-4-2/h21-32H,3-20H2,1-2H3,(H,41,43)(H,42,44). The molecular weight excluding hydrogens is 540 g/mol. The Labute approximate surface area is 267 Å². The Balaban J connectivity index is 1.37. The zero-order chi connectivity index (χ0) is 31.2. The number of carbonyl (C=O) groups is 2. The summed E-state index contributed by atoms with van der Waals surface area (Å²) in [5.41, 5.74) is 6.20. The molecule has 44 heavy (non-hydrogen) atoms. The minimum absolute atomic E-state index is 0.0992. The average molecular weight is 597 g/mol. The van der Waals surface area contributed by atoms with Gasteiger partial charge in [-0.1, -0.05) is 152 Å². The van der Waals surface area contributed by atoms with Gasteiger partial charge in [-0.25, -0.2) is 0 Å². The van der Waals surface area contributed by atoms with Crippen molar-refractivity contribution in [3.05, 3.63) is 72.8 Å². The predicted molar refractivity (Wildman–Crippen MR) is 189 cm³/mol. The van der Waals surface area contributed by atoms with E-state index >= 15 is 0 Å². The molecule has 0 radical (unpaired) electrons. The van der Waals surface area contributed by atoms with Crippen LogP contribution in [-0.2, 0) is 9.59 Å². The Morgan fingerprint density at radius 3 is 0.932 bits per heavy atom. The van der Waals surface area contributed by atoms with Gasteiger partial charge in [0.25, 0.3) is 0 Å². The van der Waals surface area contributed by atoms with Crippen molar-refractivity contribution in [2.45, 2.75) is 129 Å². The van der Waals surface area contributed by atoms with Gasteiger partial charge in [-0.3, -0.25) is 9.59 Å². The molecule has 238 valence electrons. The lowest BCUT2D eigenvalue weighted by molar-refractivity contribution is -0.117. The normalized spacial score (nSPS) is 11.0. The molecule has 0 saturated carbocycles.